The van der Waals surface area contributed by atoms with Crippen LogP contribution in [0.2, 0.25) is 0 Å². The van der Waals surface area contributed by atoms with Crippen LogP contribution >= 0.6 is 0 Å². The molecule has 1 N–H and O–H groups in total. The summed E-state index contributed by atoms with van der Waals surface area (Å²) in [5.74, 6) is 0.438. The van der Waals surface area contributed by atoms with Crippen LogP contribution in [0, 0.1) is 6.92 Å². The zero-order valence-electron chi connectivity index (χ0n) is 14.2. The second kappa shape index (κ2) is 6.65. The van der Waals surface area contributed by atoms with Gasteiger partial charge in [-0.05, 0) is 45.0 Å². The van der Waals surface area contributed by atoms with E-state index in [9.17, 15) is 9.59 Å². The molecule has 0 unspecified atom stereocenters. The van der Waals surface area contributed by atoms with Crippen LogP contribution in [-0.2, 0) is 4.79 Å². The van der Waals surface area contributed by atoms with Crippen LogP contribution in [0.15, 0.2) is 27.4 Å². The van der Waals surface area contributed by atoms with Crippen LogP contribution in [0.3, 0.4) is 0 Å². The number of benzene rings is 1. The van der Waals surface area contributed by atoms with Crippen molar-refractivity contribution in [3.63, 3.8) is 0 Å². The van der Waals surface area contributed by atoms with E-state index in [1.165, 1.54) is 6.92 Å². The number of fused-ring (bicyclic) bond motifs is 1. The molecule has 0 bridgehead atoms. The van der Waals surface area contributed by atoms with Gasteiger partial charge in [-0.25, -0.2) is 4.79 Å². The Balaban J connectivity index is 1.90. The van der Waals surface area contributed by atoms with Gasteiger partial charge >= 0.3 is 5.63 Å². The number of nitrogens with zero attached hydrogens (tertiary/aromatic N) is 1. The summed E-state index contributed by atoms with van der Waals surface area (Å²) in [6.07, 6.45) is 2.15. The minimum absolute atomic E-state index is 0.151. The highest BCUT2D eigenvalue weighted by Gasteiger charge is 2.20. The number of nitrogens with one attached hydrogen (secondary N) is 1. The quantitative estimate of drug-likeness (QED) is 0.876. The van der Waals surface area contributed by atoms with E-state index in [4.69, 9.17) is 9.15 Å². The molecule has 128 valence electrons. The molecule has 1 amide bonds. The first-order valence-corrected chi connectivity index (χ1v) is 8.14. The molecule has 1 saturated heterocycles. The smallest absolute Gasteiger partial charge is 0.360 e. The summed E-state index contributed by atoms with van der Waals surface area (Å²) in [5, 5.41) is 3.24. The molecule has 2 heterocycles. The van der Waals surface area contributed by atoms with Gasteiger partial charge in [0.1, 0.15) is 23.1 Å². The van der Waals surface area contributed by atoms with Gasteiger partial charge in [0.05, 0.1) is 0 Å². The second-order valence-corrected chi connectivity index (χ2v) is 6.36. The van der Waals surface area contributed by atoms with Crippen molar-refractivity contribution in [2.75, 3.05) is 25.5 Å². The SMILES string of the molecule is CC(=O)Nc1cc2ccc(OC3CCN(C)CC3)c(C)c2oc1=O. The highest BCUT2D eigenvalue weighted by molar-refractivity contribution is 5.91. The number of rotatable bonds is 3. The van der Waals surface area contributed by atoms with E-state index in [-0.39, 0.29) is 17.7 Å². The number of likely N-dealkylation sites (tertiary alicyclic amines) is 1. The highest BCUT2D eigenvalue weighted by Crippen LogP contribution is 2.29. The molecule has 0 radical (unpaired) electrons. The zero-order valence-corrected chi connectivity index (χ0v) is 14.2. The van der Waals surface area contributed by atoms with Gasteiger partial charge in [-0.1, -0.05) is 0 Å². The fourth-order valence-corrected chi connectivity index (χ4v) is 2.99. The molecule has 24 heavy (non-hydrogen) atoms. The van der Waals surface area contributed by atoms with Crippen molar-refractivity contribution < 1.29 is 13.9 Å². The van der Waals surface area contributed by atoms with E-state index in [1.54, 1.807) is 6.07 Å². The van der Waals surface area contributed by atoms with Crippen LogP contribution in [0.5, 0.6) is 5.75 Å². The Morgan fingerprint density at radius 3 is 2.71 bits per heavy atom. The molecule has 0 aliphatic carbocycles. The molecule has 6 heteroatoms. The number of piperidine rings is 1. The van der Waals surface area contributed by atoms with Crippen molar-refractivity contribution in [1.82, 2.24) is 4.90 Å². The van der Waals surface area contributed by atoms with E-state index >= 15 is 0 Å². The number of aryl methyl sites for hydroxylation is 1. The average Bonchev–Trinajstić information content (AvgIpc) is 2.53. The number of carbonyl (C=O) groups excluding carboxylic acids is 1. The second-order valence-electron chi connectivity index (χ2n) is 6.36. The van der Waals surface area contributed by atoms with E-state index in [0.717, 1.165) is 42.6 Å². The molecule has 0 saturated carbocycles. The maximum Gasteiger partial charge on any atom is 0.360 e. The fraction of sp³-hybridized carbons (Fsp3) is 0.444. The van der Waals surface area contributed by atoms with Crippen LogP contribution in [0.4, 0.5) is 5.69 Å². The molecule has 0 spiro atoms. The van der Waals surface area contributed by atoms with Crippen LogP contribution in [0.1, 0.15) is 25.3 Å². The van der Waals surface area contributed by atoms with E-state index < -0.39 is 5.63 Å². The summed E-state index contributed by atoms with van der Waals surface area (Å²) < 4.78 is 11.5. The van der Waals surface area contributed by atoms with Crippen LogP contribution in [0.25, 0.3) is 11.0 Å². The van der Waals surface area contributed by atoms with Gasteiger partial charge in [-0.15, -0.1) is 0 Å². The first-order valence-electron chi connectivity index (χ1n) is 8.14. The standard InChI is InChI=1S/C18H22N2O4/c1-11-16(23-14-6-8-20(3)9-7-14)5-4-13-10-15(19-12(2)21)18(22)24-17(11)13/h4-5,10,14H,6-9H2,1-3H3,(H,19,21). The summed E-state index contributed by atoms with van der Waals surface area (Å²) in [4.78, 5) is 25.5. The maximum atomic E-state index is 12.0. The normalized spacial score (nSPS) is 16.3. The molecule has 1 aliphatic heterocycles. The van der Waals surface area contributed by atoms with E-state index in [2.05, 4.69) is 17.3 Å². The summed E-state index contributed by atoms with van der Waals surface area (Å²) in [5.41, 5.74) is 0.896. The Hall–Kier alpha value is -2.34. The number of anilines is 1. The van der Waals surface area contributed by atoms with Gasteiger partial charge in [-0.3, -0.25) is 4.79 Å². The Labute approximate surface area is 140 Å². The predicted molar refractivity (Wildman–Crippen MR) is 92.7 cm³/mol. The van der Waals surface area contributed by atoms with Crippen LogP contribution in [-0.4, -0.2) is 37.0 Å². The van der Waals surface area contributed by atoms with E-state index in [1.807, 2.05) is 19.1 Å². The number of ether oxygens (including phenoxy) is 1. The van der Waals surface area contributed by atoms with Gasteiger partial charge in [0.15, 0.2) is 0 Å². The Morgan fingerprint density at radius 2 is 2.04 bits per heavy atom. The number of hydrogen-bond acceptors (Lipinski definition) is 5. The third kappa shape index (κ3) is 3.43. The maximum absolute atomic E-state index is 12.0. The topological polar surface area (TPSA) is 71.8 Å². The highest BCUT2D eigenvalue weighted by atomic mass is 16.5. The van der Waals surface area contributed by atoms with Gasteiger partial charge in [0.2, 0.25) is 5.91 Å². The zero-order chi connectivity index (χ0) is 17.3. The number of carbonyl (C=O) groups is 1. The molecule has 1 aromatic heterocycles. The first-order chi connectivity index (χ1) is 11.4. The van der Waals surface area contributed by atoms with Crippen molar-refractivity contribution in [1.29, 1.82) is 0 Å². The van der Waals surface area contributed by atoms with Gasteiger partial charge in [0.25, 0.3) is 0 Å². The largest absolute Gasteiger partial charge is 0.490 e. The monoisotopic (exact) mass is 330 g/mol. The van der Waals surface area contributed by atoms with Crippen molar-refractivity contribution in [3.8, 4) is 5.75 Å². The molecule has 2 aromatic rings. The molecule has 0 atom stereocenters. The van der Waals surface area contributed by atoms with Gasteiger partial charge in [-0.2, -0.15) is 0 Å². The lowest BCUT2D eigenvalue weighted by Crippen LogP contribution is -2.35. The molecule has 1 aliphatic rings. The summed E-state index contributed by atoms with van der Waals surface area (Å²) in [7, 11) is 2.11. The third-order valence-electron chi connectivity index (χ3n) is 4.37. The molecule has 1 fully saturated rings. The Morgan fingerprint density at radius 1 is 1.33 bits per heavy atom. The number of hydrogen-bond donors (Lipinski definition) is 1. The molecular formula is C18H22N2O4. The molecular weight excluding hydrogens is 308 g/mol. The molecule has 1 aromatic carbocycles. The first kappa shape index (κ1) is 16.5. The van der Waals surface area contributed by atoms with Crippen molar-refractivity contribution in [2.24, 2.45) is 0 Å². The van der Waals surface area contributed by atoms with E-state index in [0.29, 0.717) is 5.58 Å². The van der Waals surface area contributed by atoms with Crippen molar-refractivity contribution >= 4 is 22.6 Å². The Bertz CT molecular complexity index is 820. The van der Waals surface area contributed by atoms with Gasteiger partial charge in [0, 0.05) is 31.0 Å². The molecule has 6 nitrogen and oxygen atoms in total. The lowest BCUT2D eigenvalue weighted by molar-refractivity contribution is -0.114. The fourth-order valence-electron chi connectivity index (χ4n) is 2.99. The van der Waals surface area contributed by atoms with Gasteiger partial charge < -0.3 is 19.4 Å². The average molecular weight is 330 g/mol. The summed E-state index contributed by atoms with van der Waals surface area (Å²) >= 11 is 0. The van der Waals surface area contributed by atoms with Crippen molar-refractivity contribution in [2.45, 2.75) is 32.8 Å². The lowest BCUT2D eigenvalue weighted by Gasteiger charge is -2.29. The Kier molecular flexibility index (Phi) is 4.57. The lowest BCUT2D eigenvalue weighted by atomic mass is 10.1. The molecule has 3 rings (SSSR count). The third-order valence-corrected chi connectivity index (χ3v) is 4.37. The minimum atomic E-state index is -0.558. The van der Waals surface area contributed by atoms with Crippen molar-refractivity contribution in [3.05, 3.63) is 34.2 Å². The summed E-state index contributed by atoms with van der Waals surface area (Å²) in [6, 6.07) is 5.38. The van der Waals surface area contributed by atoms with Crippen LogP contribution < -0.4 is 15.7 Å². The summed E-state index contributed by atoms with van der Waals surface area (Å²) in [6.45, 7) is 5.28. The minimum Gasteiger partial charge on any atom is -0.490 e. The number of amides is 1. The predicted octanol–water partition coefficient (Wildman–Crippen LogP) is 2.53.